The standard InChI is InChI=1S/C11H15NO3S/c1-8-7-9(13)3-4-10(8)11(14)12-5-6-16(2)15/h3-4,7,13H,5-6H2,1-2H3,(H,12,14). The largest absolute Gasteiger partial charge is 0.508 e. The summed E-state index contributed by atoms with van der Waals surface area (Å²) in [7, 11) is -0.902. The summed E-state index contributed by atoms with van der Waals surface area (Å²) in [6.07, 6.45) is 1.60. The summed E-state index contributed by atoms with van der Waals surface area (Å²) in [4.78, 5) is 11.7. The normalized spacial score (nSPS) is 12.1. The van der Waals surface area contributed by atoms with E-state index >= 15 is 0 Å². The van der Waals surface area contributed by atoms with Crippen LogP contribution in [0.2, 0.25) is 0 Å². The molecule has 1 rings (SSSR count). The number of carbonyl (C=O) groups excluding carboxylic acids is 1. The van der Waals surface area contributed by atoms with Crippen LogP contribution in [0.5, 0.6) is 5.75 Å². The number of nitrogens with one attached hydrogen (secondary N) is 1. The number of hydrogen-bond donors (Lipinski definition) is 2. The van der Waals surface area contributed by atoms with E-state index in [1.165, 1.54) is 12.1 Å². The van der Waals surface area contributed by atoms with Gasteiger partial charge in [0, 0.05) is 34.9 Å². The Kier molecular flexibility index (Phi) is 4.49. The van der Waals surface area contributed by atoms with Gasteiger partial charge in [-0.05, 0) is 30.7 Å². The van der Waals surface area contributed by atoms with E-state index in [1.54, 1.807) is 19.2 Å². The molecule has 0 aliphatic carbocycles. The quantitative estimate of drug-likeness (QED) is 0.819. The number of aryl methyl sites for hydroxylation is 1. The topological polar surface area (TPSA) is 66.4 Å². The van der Waals surface area contributed by atoms with Crippen LogP contribution in [-0.4, -0.2) is 33.8 Å². The monoisotopic (exact) mass is 241 g/mol. The van der Waals surface area contributed by atoms with E-state index in [9.17, 15) is 14.1 Å². The Hall–Kier alpha value is -1.36. The van der Waals surface area contributed by atoms with E-state index in [0.717, 1.165) is 5.56 Å². The molecule has 1 atom stereocenters. The lowest BCUT2D eigenvalue weighted by molar-refractivity contribution is 0.0955. The Balaban J connectivity index is 2.63. The number of hydrogen-bond acceptors (Lipinski definition) is 3. The molecule has 0 bridgehead atoms. The van der Waals surface area contributed by atoms with E-state index in [-0.39, 0.29) is 11.7 Å². The molecule has 0 aliphatic heterocycles. The maximum atomic E-state index is 11.7. The SMILES string of the molecule is Cc1cc(O)ccc1C(=O)NCCS(C)=O. The minimum atomic E-state index is -0.902. The third-order valence-electron chi connectivity index (χ3n) is 2.13. The second-order valence-electron chi connectivity index (χ2n) is 3.53. The number of phenolic OH excluding ortho intramolecular Hbond substituents is 1. The van der Waals surface area contributed by atoms with Crippen molar-refractivity contribution in [2.45, 2.75) is 6.92 Å². The van der Waals surface area contributed by atoms with Crippen molar-refractivity contribution in [3.8, 4) is 5.75 Å². The van der Waals surface area contributed by atoms with Gasteiger partial charge >= 0.3 is 0 Å². The van der Waals surface area contributed by atoms with Crippen molar-refractivity contribution >= 4 is 16.7 Å². The van der Waals surface area contributed by atoms with Crippen molar-refractivity contribution in [1.29, 1.82) is 0 Å². The lowest BCUT2D eigenvalue weighted by atomic mass is 10.1. The molecule has 1 aromatic carbocycles. The van der Waals surface area contributed by atoms with E-state index < -0.39 is 10.8 Å². The zero-order valence-corrected chi connectivity index (χ0v) is 10.1. The van der Waals surface area contributed by atoms with E-state index in [1.807, 2.05) is 0 Å². The molecule has 5 heteroatoms. The molecule has 0 aromatic heterocycles. The van der Waals surface area contributed by atoms with Crippen molar-refractivity contribution in [3.05, 3.63) is 29.3 Å². The van der Waals surface area contributed by atoms with Crippen LogP contribution in [0.1, 0.15) is 15.9 Å². The van der Waals surface area contributed by atoms with Gasteiger partial charge in [-0.2, -0.15) is 0 Å². The number of benzene rings is 1. The fourth-order valence-electron chi connectivity index (χ4n) is 1.31. The van der Waals surface area contributed by atoms with Gasteiger partial charge in [0.15, 0.2) is 0 Å². The summed E-state index contributed by atoms with van der Waals surface area (Å²) >= 11 is 0. The second-order valence-corrected chi connectivity index (χ2v) is 5.09. The van der Waals surface area contributed by atoms with Crippen LogP contribution in [0.3, 0.4) is 0 Å². The van der Waals surface area contributed by atoms with Crippen molar-refractivity contribution in [2.24, 2.45) is 0 Å². The van der Waals surface area contributed by atoms with Crippen molar-refractivity contribution in [3.63, 3.8) is 0 Å². The highest BCUT2D eigenvalue weighted by Gasteiger charge is 2.08. The predicted octanol–water partition coefficient (Wildman–Crippen LogP) is 0.809. The third kappa shape index (κ3) is 3.66. The molecule has 4 nitrogen and oxygen atoms in total. The Morgan fingerprint density at radius 1 is 1.50 bits per heavy atom. The third-order valence-corrected chi connectivity index (χ3v) is 2.91. The first-order valence-electron chi connectivity index (χ1n) is 4.88. The number of phenols is 1. The van der Waals surface area contributed by atoms with Gasteiger partial charge in [-0.1, -0.05) is 0 Å². The lowest BCUT2D eigenvalue weighted by Gasteiger charge is -2.07. The van der Waals surface area contributed by atoms with Crippen molar-refractivity contribution in [1.82, 2.24) is 5.32 Å². The van der Waals surface area contributed by atoms with Crippen LogP contribution in [0.25, 0.3) is 0 Å². The van der Waals surface area contributed by atoms with Gasteiger partial charge < -0.3 is 10.4 Å². The minimum Gasteiger partial charge on any atom is -0.508 e. The van der Waals surface area contributed by atoms with Crippen LogP contribution >= 0.6 is 0 Å². The van der Waals surface area contributed by atoms with Gasteiger partial charge in [0.25, 0.3) is 5.91 Å². The summed E-state index contributed by atoms with van der Waals surface area (Å²) in [6.45, 7) is 2.15. The molecule has 88 valence electrons. The maximum absolute atomic E-state index is 11.7. The molecule has 0 spiro atoms. The Morgan fingerprint density at radius 2 is 2.19 bits per heavy atom. The summed E-state index contributed by atoms with van der Waals surface area (Å²) in [5, 5.41) is 11.9. The molecular formula is C11H15NO3S. The number of aromatic hydroxyl groups is 1. The molecular weight excluding hydrogens is 226 g/mol. The zero-order chi connectivity index (χ0) is 12.1. The van der Waals surface area contributed by atoms with E-state index in [4.69, 9.17) is 0 Å². The fourth-order valence-corrected chi connectivity index (χ4v) is 1.70. The molecule has 1 amide bonds. The molecule has 2 N–H and O–H groups in total. The van der Waals surface area contributed by atoms with Gasteiger partial charge in [-0.3, -0.25) is 9.00 Å². The molecule has 1 aromatic rings. The Bertz CT molecular complexity index is 418. The van der Waals surface area contributed by atoms with Gasteiger partial charge in [0.2, 0.25) is 0 Å². The van der Waals surface area contributed by atoms with E-state index in [0.29, 0.717) is 17.9 Å². The first-order chi connectivity index (χ1) is 7.50. The molecule has 16 heavy (non-hydrogen) atoms. The first-order valence-corrected chi connectivity index (χ1v) is 6.61. The summed E-state index contributed by atoms with van der Waals surface area (Å²) in [6, 6.07) is 4.58. The summed E-state index contributed by atoms with van der Waals surface area (Å²) in [5.74, 6) is 0.384. The number of carbonyl (C=O) groups is 1. The predicted molar refractivity (Wildman–Crippen MR) is 64.1 cm³/mol. The highest BCUT2D eigenvalue weighted by Crippen LogP contribution is 2.15. The van der Waals surface area contributed by atoms with Crippen LogP contribution in [0, 0.1) is 6.92 Å². The first kappa shape index (κ1) is 12.7. The summed E-state index contributed by atoms with van der Waals surface area (Å²) in [5.41, 5.74) is 1.25. The van der Waals surface area contributed by atoms with Gasteiger partial charge in [-0.15, -0.1) is 0 Å². The highest BCUT2D eigenvalue weighted by molar-refractivity contribution is 7.84. The smallest absolute Gasteiger partial charge is 0.251 e. The molecule has 0 saturated heterocycles. The number of amides is 1. The van der Waals surface area contributed by atoms with Crippen LogP contribution < -0.4 is 5.32 Å². The van der Waals surface area contributed by atoms with Crippen LogP contribution in [0.4, 0.5) is 0 Å². The van der Waals surface area contributed by atoms with Crippen molar-refractivity contribution < 1.29 is 14.1 Å². The summed E-state index contributed by atoms with van der Waals surface area (Å²) < 4.78 is 10.8. The Labute approximate surface area is 97.1 Å². The zero-order valence-electron chi connectivity index (χ0n) is 9.32. The molecule has 1 unspecified atom stereocenters. The van der Waals surface area contributed by atoms with Crippen LogP contribution in [-0.2, 0) is 10.8 Å². The van der Waals surface area contributed by atoms with Gasteiger partial charge in [-0.25, -0.2) is 0 Å². The molecule has 0 fully saturated rings. The highest BCUT2D eigenvalue weighted by atomic mass is 32.2. The van der Waals surface area contributed by atoms with Crippen molar-refractivity contribution in [2.75, 3.05) is 18.6 Å². The Morgan fingerprint density at radius 3 is 2.75 bits per heavy atom. The average Bonchev–Trinajstić information content (AvgIpc) is 2.16. The minimum absolute atomic E-state index is 0.142. The molecule has 0 radical (unpaired) electrons. The number of rotatable bonds is 4. The van der Waals surface area contributed by atoms with Gasteiger partial charge in [0.1, 0.15) is 5.75 Å². The fraction of sp³-hybridized carbons (Fsp3) is 0.364. The lowest BCUT2D eigenvalue weighted by Crippen LogP contribution is -2.28. The average molecular weight is 241 g/mol. The molecule has 0 heterocycles. The maximum Gasteiger partial charge on any atom is 0.251 e. The van der Waals surface area contributed by atoms with Crippen LogP contribution in [0.15, 0.2) is 18.2 Å². The molecule has 0 saturated carbocycles. The van der Waals surface area contributed by atoms with Gasteiger partial charge in [0.05, 0.1) is 0 Å². The second kappa shape index (κ2) is 5.65. The molecule has 0 aliphatic rings. The van der Waals surface area contributed by atoms with E-state index in [2.05, 4.69) is 5.32 Å².